The molecule has 0 amide bonds. The van der Waals surface area contributed by atoms with Crippen LogP contribution in [0.2, 0.25) is 0 Å². The van der Waals surface area contributed by atoms with Crippen LogP contribution in [0.1, 0.15) is 12.5 Å². The second-order valence-corrected chi connectivity index (χ2v) is 6.11. The van der Waals surface area contributed by atoms with Crippen molar-refractivity contribution in [1.29, 1.82) is 0 Å². The maximum atomic E-state index is 12.7. The Morgan fingerprint density at radius 2 is 2.27 bits per heavy atom. The molecule has 1 aromatic heterocycles. The average molecular weight is 301 g/mol. The SMILES string of the molecule is CCc1ccc2ncn(CC3COCCN(C)C3)c(=O)c2c1. The van der Waals surface area contributed by atoms with Crippen LogP contribution < -0.4 is 5.56 Å². The van der Waals surface area contributed by atoms with Crippen molar-refractivity contribution < 1.29 is 4.74 Å². The molecule has 0 N–H and O–H groups in total. The number of hydrogen-bond donors (Lipinski definition) is 0. The molecule has 1 atom stereocenters. The fraction of sp³-hybridized carbons (Fsp3) is 0.529. The lowest BCUT2D eigenvalue weighted by molar-refractivity contribution is 0.117. The molecule has 2 aromatic rings. The first-order valence-corrected chi connectivity index (χ1v) is 7.91. The number of rotatable bonds is 3. The van der Waals surface area contributed by atoms with Gasteiger partial charge in [0.1, 0.15) is 0 Å². The van der Waals surface area contributed by atoms with Gasteiger partial charge in [-0.2, -0.15) is 0 Å². The molecule has 0 radical (unpaired) electrons. The minimum Gasteiger partial charge on any atom is -0.380 e. The number of ether oxygens (including phenoxy) is 1. The van der Waals surface area contributed by atoms with E-state index in [2.05, 4.69) is 23.9 Å². The summed E-state index contributed by atoms with van der Waals surface area (Å²) >= 11 is 0. The van der Waals surface area contributed by atoms with E-state index >= 15 is 0 Å². The third-order valence-electron chi connectivity index (χ3n) is 4.29. The van der Waals surface area contributed by atoms with Gasteiger partial charge in [-0.3, -0.25) is 9.36 Å². The maximum absolute atomic E-state index is 12.7. The normalized spacial score (nSPS) is 20.2. The van der Waals surface area contributed by atoms with Gasteiger partial charge in [-0.15, -0.1) is 0 Å². The molecule has 0 aliphatic carbocycles. The predicted molar refractivity (Wildman–Crippen MR) is 87.2 cm³/mol. The van der Waals surface area contributed by atoms with Gasteiger partial charge in [-0.25, -0.2) is 4.98 Å². The Kier molecular flexibility index (Phi) is 4.55. The molecule has 118 valence electrons. The molecule has 5 heteroatoms. The van der Waals surface area contributed by atoms with Gasteiger partial charge in [-0.1, -0.05) is 13.0 Å². The quantitative estimate of drug-likeness (QED) is 0.863. The van der Waals surface area contributed by atoms with Gasteiger partial charge in [0, 0.05) is 25.6 Å². The molecule has 2 heterocycles. The van der Waals surface area contributed by atoms with Crippen molar-refractivity contribution in [1.82, 2.24) is 14.5 Å². The highest BCUT2D eigenvalue weighted by atomic mass is 16.5. The molecule has 1 fully saturated rings. The van der Waals surface area contributed by atoms with Crippen LogP contribution in [0.5, 0.6) is 0 Å². The molecular formula is C17H23N3O2. The monoisotopic (exact) mass is 301 g/mol. The fourth-order valence-corrected chi connectivity index (χ4v) is 3.00. The van der Waals surface area contributed by atoms with Gasteiger partial charge in [0.25, 0.3) is 5.56 Å². The van der Waals surface area contributed by atoms with E-state index in [-0.39, 0.29) is 5.56 Å². The van der Waals surface area contributed by atoms with Crippen LogP contribution in [-0.2, 0) is 17.7 Å². The Labute approximate surface area is 130 Å². The lowest BCUT2D eigenvalue weighted by atomic mass is 10.1. The van der Waals surface area contributed by atoms with E-state index in [1.165, 1.54) is 5.56 Å². The molecule has 1 aliphatic heterocycles. The lowest BCUT2D eigenvalue weighted by Gasteiger charge is -2.19. The Morgan fingerprint density at radius 1 is 1.41 bits per heavy atom. The van der Waals surface area contributed by atoms with Gasteiger partial charge < -0.3 is 9.64 Å². The van der Waals surface area contributed by atoms with E-state index in [4.69, 9.17) is 4.74 Å². The zero-order valence-corrected chi connectivity index (χ0v) is 13.3. The van der Waals surface area contributed by atoms with Crippen LogP contribution in [0.3, 0.4) is 0 Å². The molecule has 3 rings (SSSR count). The first-order chi connectivity index (χ1) is 10.7. The third kappa shape index (κ3) is 3.20. The summed E-state index contributed by atoms with van der Waals surface area (Å²) in [5, 5.41) is 0.713. The molecule has 1 aromatic carbocycles. The van der Waals surface area contributed by atoms with Crippen molar-refractivity contribution in [2.45, 2.75) is 19.9 Å². The second-order valence-electron chi connectivity index (χ2n) is 6.11. The summed E-state index contributed by atoms with van der Waals surface area (Å²) in [6.45, 7) is 6.10. The molecule has 0 bridgehead atoms. The fourth-order valence-electron chi connectivity index (χ4n) is 3.00. The van der Waals surface area contributed by atoms with Crippen LogP contribution in [0.4, 0.5) is 0 Å². The summed E-state index contributed by atoms with van der Waals surface area (Å²) in [6, 6.07) is 5.94. The van der Waals surface area contributed by atoms with Crippen LogP contribution >= 0.6 is 0 Å². The Balaban J connectivity index is 1.90. The Morgan fingerprint density at radius 3 is 3.09 bits per heavy atom. The molecular weight excluding hydrogens is 278 g/mol. The summed E-state index contributed by atoms with van der Waals surface area (Å²) in [5.41, 5.74) is 1.99. The van der Waals surface area contributed by atoms with Crippen LogP contribution in [-0.4, -0.2) is 47.8 Å². The summed E-state index contributed by atoms with van der Waals surface area (Å²) in [5.74, 6) is 0.318. The molecule has 0 saturated carbocycles. The van der Waals surface area contributed by atoms with Gasteiger partial charge in [-0.05, 0) is 31.2 Å². The van der Waals surface area contributed by atoms with Crippen LogP contribution in [0.15, 0.2) is 29.3 Å². The summed E-state index contributed by atoms with van der Waals surface area (Å²) in [6.07, 6.45) is 2.59. The van der Waals surface area contributed by atoms with E-state index in [0.29, 0.717) is 24.5 Å². The van der Waals surface area contributed by atoms with Gasteiger partial charge in [0.2, 0.25) is 0 Å². The highest BCUT2D eigenvalue weighted by Gasteiger charge is 2.17. The van der Waals surface area contributed by atoms with Crippen molar-refractivity contribution in [2.75, 3.05) is 33.4 Å². The van der Waals surface area contributed by atoms with Crippen molar-refractivity contribution in [3.05, 3.63) is 40.4 Å². The molecule has 22 heavy (non-hydrogen) atoms. The van der Waals surface area contributed by atoms with Crippen molar-refractivity contribution in [3.8, 4) is 0 Å². The minimum absolute atomic E-state index is 0.0483. The van der Waals surface area contributed by atoms with Gasteiger partial charge in [0.15, 0.2) is 0 Å². The number of likely N-dealkylation sites (N-methyl/N-ethyl adjacent to an activating group) is 1. The van der Waals surface area contributed by atoms with Crippen LogP contribution in [0, 0.1) is 5.92 Å². The molecule has 1 unspecified atom stereocenters. The highest BCUT2D eigenvalue weighted by Crippen LogP contribution is 2.12. The zero-order valence-electron chi connectivity index (χ0n) is 13.3. The largest absolute Gasteiger partial charge is 0.380 e. The number of aryl methyl sites for hydroxylation is 1. The average Bonchev–Trinajstić information content (AvgIpc) is 2.74. The molecule has 0 spiro atoms. The number of hydrogen-bond acceptors (Lipinski definition) is 4. The maximum Gasteiger partial charge on any atom is 0.261 e. The molecule has 1 saturated heterocycles. The number of aromatic nitrogens is 2. The number of benzene rings is 1. The summed E-state index contributed by atoms with van der Waals surface area (Å²) in [7, 11) is 2.09. The summed E-state index contributed by atoms with van der Waals surface area (Å²) in [4.78, 5) is 19.4. The van der Waals surface area contributed by atoms with E-state index in [0.717, 1.165) is 31.6 Å². The third-order valence-corrected chi connectivity index (χ3v) is 4.29. The Hall–Kier alpha value is -1.72. The first-order valence-electron chi connectivity index (χ1n) is 7.91. The van der Waals surface area contributed by atoms with Gasteiger partial charge in [0.05, 0.1) is 30.4 Å². The standard InChI is InChI=1S/C17H23N3O2/c1-3-13-4-5-16-15(8-13)17(21)20(12-18-16)10-14-9-19(2)6-7-22-11-14/h4-5,8,12,14H,3,6-7,9-11H2,1-2H3. The number of fused-ring (bicyclic) bond motifs is 1. The summed E-state index contributed by atoms with van der Waals surface area (Å²) < 4.78 is 7.37. The molecule has 1 aliphatic rings. The van der Waals surface area contributed by atoms with E-state index in [1.54, 1.807) is 10.9 Å². The Bertz CT molecular complexity index is 711. The number of nitrogens with zero attached hydrogens (tertiary/aromatic N) is 3. The van der Waals surface area contributed by atoms with Crippen LogP contribution in [0.25, 0.3) is 10.9 Å². The highest BCUT2D eigenvalue weighted by molar-refractivity contribution is 5.78. The lowest BCUT2D eigenvalue weighted by Crippen LogP contribution is -2.32. The van der Waals surface area contributed by atoms with Crippen molar-refractivity contribution in [3.63, 3.8) is 0 Å². The topological polar surface area (TPSA) is 47.4 Å². The van der Waals surface area contributed by atoms with Gasteiger partial charge >= 0.3 is 0 Å². The van der Waals surface area contributed by atoms with E-state index in [1.807, 2.05) is 18.2 Å². The zero-order chi connectivity index (χ0) is 15.5. The molecule has 5 nitrogen and oxygen atoms in total. The smallest absolute Gasteiger partial charge is 0.261 e. The predicted octanol–water partition coefficient (Wildman–Crippen LogP) is 1.54. The van der Waals surface area contributed by atoms with E-state index < -0.39 is 0 Å². The van der Waals surface area contributed by atoms with Crippen molar-refractivity contribution in [2.24, 2.45) is 5.92 Å². The first kappa shape index (κ1) is 15.2. The minimum atomic E-state index is 0.0483. The van der Waals surface area contributed by atoms with Crippen molar-refractivity contribution >= 4 is 10.9 Å². The van der Waals surface area contributed by atoms with E-state index in [9.17, 15) is 4.79 Å². The second kappa shape index (κ2) is 6.58.